The lowest BCUT2D eigenvalue weighted by Crippen LogP contribution is -2.43. The zero-order valence-electron chi connectivity index (χ0n) is 7.20. The van der Waals surface area contributed by atoms with E-state index >= 15 is 0 Å². The molecule has 70 valence electrons. The van der Waals surface area contributed by atoms with Crippen molar-refractivity contribution < 1.29 is 9.90 Å². The second-order valence-corrected chi connectivity index (χ2v) is 3.24. The van der Waals surface area contributed by atoms with Gasteiger partial charge in [-0.05, 0) is 25.3 Å². The van der Waals surface area contributed by atoms with Gasteiger partial charge in [0.2, 0.25) is 5.91 Å². The molecule has 0 aromatic heterocycles. The lowest BCUT2D eigenvalue weighted by atomic mass is 9.98. The van der Waals surface area contributed by atoms with Crippen LogP contribution in [0.1, 0.15) is 12.8 Å². The molecule has 3 N–H and O–H groups in total. The lowest BCUT2D eigenvalue weighted by molar-refractivity contribution is -0.135. The first-order valence-electron chi connectivity index (χ1n) is 4.36. The number of carbonyl (C=O) groups is 1. The number of rotatable bonds is 2. The quantitative estimate of drug-likeness (QED) is 0.571. The molecule has 1 rings (SSSR count). The predicted molar refractivity (Wildman–Crippen MR) is 45.4 cm³/mol. The molecule has 1 atom stereocenters. The first-order valence-corrected chi connectivity index (χ1v) is 4.36. The number of amides is 1. The topological polar surface area (TPSA) is 66.6 Å². The fraction of sp³-hybridized carbons (Fsp3) is 0.875. The molecule has 0 spiro atoms. The highest BCUT2D eigenvalue weighted by Crippen LogP contribution is 2.14. The molecule has 0 aromatic rings. The summed E-state index contributed by atoms with van der Waals surface area (Å²) < 4.78 is 0. The Morgan fingerprint density at radius 2 is 2.42 bits per heavy atom. The van der Waals surface area contributed by atoms with Crippen LogP contribution in [0, 0.1) is 5.92 Å². The van der Waals surface area contributed by atoms with Crippen LogP contribution >= 0.6 is 0 Å². The Hall–Kier alpha value is -0.610. The van der Waals surface area contributed by atoms with E-state index in [1.165, 1.54) is 0 Å². The number of likely N-dealkylation sites (tertiary alicyclic amines) is 1. The van der Waals surface area contributed by atoms with E-state index in [0.717, 1.165) is 25.9 Å². The summed E-state index contributed by atoms with van der Waals surface area (Å²) in [5, 5.41) is 8.62. The minimum atomic E-state index is -0.378. The van der Waals surface area contributed by atoms with Crippen LogP contribution in [0.4, 0.5) is 0 Å². The van der Waals surface area contributed by atoms with Crippen molar-refractivity contribution in [2.24, 2.45) is 11.7 Å². The standard InChI is InChI=1S/C8H16N2O2/c9-4-7-2-1-3-10(5-7)8(12)6-11/h7,11H,1-6,9H2. The highest BCUT2D eigenvalue weighted by molar-refractivity contribution is 5.77. The van der Waals surface area contributed by atoms with E-state index < -0.39 is 0 Å². The van der Waals surface area contributed by atoms with Gasteiger partial charge < -0.3 is 15.7 Å². The van der Waals surface area contributed by atoms with Gasteiger partial charge in [0.25, 0.3) is 0 Å². The van der Waals surface area contributed by atoms with Crippen LogP contribution in [0.15, 0.2) is 0 Å². The summed E-state index contributed by atoms with van der Waals surface area (Å²) in [6.07, 6.45) is 2.11. The molecule has 0 saturated carbocycles. The number of nitrogens with zero attached hydrogens (tertiary/aromatic N) is 1. The third-order valence-electron chi connectivity index (χ3n) is 2.34. The van der Waals surface area contributed by atoms with E-state index in [0.29, 0.717) is 12.5 Å². The van der Waals surface area contributed by atoms with E-state index in [2.05, 4.69) is 0 Å². The summed E-state index contributed by atoms with van der Waals surface area (Å²) in [5.41, 5.74) is 5.51. The van der Waals surface area contributed by atoms with E-state index in [-0.39, 0.29) is 12.5 Å². The normalized spacial score (nSPS) is 24.2. The second-order valence-electron chi connectivity index (χ2n) is 3.24. The van der Waals surface area contributed by atoms with Crippen LogP contribution in [0.3, 0.4) is 0 Å². The highest BCUT2D eigenvalue weighted by Gasteiger charge is 2.21. The van der Waals surface area contributed by atoms with Crippen molar-refractivity contribution in [2.45, 2.75) is 12.8 Å². The van der Waals surface area contributed by atoms with Crippen molar-refractivity contribution >= 4 is 5.91 Å². The van der Waals surface area contributed by atoms with Gasteiger partial charge in [0.1, 0.15) is 6.61 Å². The lowest BCUT2D eigenvalue weighted by Gasteiger charge is -2.31. The molecule has 0 aliphatic carbocycles. The van der Waals surface area contributed by atoms with Gasteiger partial charge in [0.05, 0.1) is 0 Å². The van der Waals surface area contributed by atoms with E-state index in [1.807, 2.05) is 0 Å². The molecule has 1 heterocycles. The van der Waals surface area contributed by atoms with Gasteiger partial charge in [-0.2, -0.15) is 0 Å². The average molecular weight is 172 g/mol. The molecule has 1 aliphatic heterocycles. The molecule has 1 amide bonds. The van der Waals surface area contributed by atoms with Crippen LogP contribution in [0.5, 0.6) is 0 Å². The van der Waals surface area contributed by atoms with E-state index in [4.69, 9.17) is 10.8 Å². The van der Waals surface area contributed by atoms with Crippen LogP contribution < -0.4 is 5.73 Å². The van der Waals surface area contributed by atoms with Crippen molar-refractivity contribution in [2.75, 3.05) is 26.2 Å². The number of hydrogen-bond acceptors (Lipinski definition) is 3. The minimum absolute atomic E-state index is 0.173. The fourth-order valence-corrected chi connectivity index (χ4v) is 1.58. The monoisotopic (exact) mass is 172 g/mol. The van der Waals surface area contributed by atoms with Crippen LogP contribution in [0.2, 0.25) is 0 Å². The SMILES string of the molecule is NCC1CCCN(C(=O)CO)C1. The molecule has 1 aliphatic rings. The van der Waals surface area contributed by atoms with Gasteiger partial charge in [0.15, 0.2) is 0 Å². The summed E-state index contributed by atoms with van der Waals surface area (Å²) in [6, 6.07) is 0. The molecular formula is C8H16N2O2. The molecule has 4 nitrogen and oxygen atoms in total. The second kappa shape index (κ2) is 4.42. The molecule has 0 radical (unpaired) electrons. The van der Waals surface area contributed by atoms with Crippen LogP contribution in [0.25, 0.3) is 0 Å². The zero-order chi connectivity index (χ0) is 8.97. The molecule has 12 heavy (non-hydrogen) atoms. The summed E-state index contributed by atoms with van der Waals surface area (Å²) in [5.74, 6) is 0.252. The van der Waals surface area contributed by atoms with Crippen molar-refractivity contribution in [1.29, 1.82) is 0 Å². The Bertz CT molecular complexity index is 161. The van der Waals surface area contributed by atoms with Crippen LogP contribution in [-0.4, -0.2) is 42.2 Å². The van der Waals surface area contributed by atoms with Crippen molar-refractivity contribution in [1.82, 2.24) is 4.90 Å². The molecule has 4 heteroatoms. The first-order chi connectivity index (χ1) is 5.77. The number of hydrogen-bond donors (Lipinski definition) is 2. The van der Waals surface area contributed by atoms with E-state index in [1.54, 1.807) is 4.90 Å². The Kier molecular flexibility index (Phi) is 3.49. The predicted octanol–water partition coefficient (Wildman–Crippen LogP) is -0.824. The van der Waals surface area contributed by atoms with Gasteiger partial charge in [-0.15, -0.1) is 0 Å². The zero-order valence-corrected chi connectivity index (χ0v) is 7.20. The van der Waals surface area contributed by atoms with Crippen LogP contribution in [-0.2, 0) is 4.79 Å². The first kappa shape index (κ1) is 9.48. The summed E-state index contributed by atoms with van der Waals surface area (Å²) in [7, 11) is 0. The summed E-state index contributed by atoms with van der Waals surface area (Å²) in [6.45, 7) is 1.75. The summed E-state index contributed by atoms with van der Waals surface area (Å²) in [4.78, 5) is 12.8. The number of carbonyl (C=O) groups excluding carboxylic acids is 1. The van der Waals surface area contributed by atoms with E-state index in [9.17, 15) is 4.79 Å². The maximum absolute atomic E-state index is 11.1. The number of aliphatic hydroxyl groups is 1. The molecule has 1 saturated heterocycles. The third-order valence-corrected chi connectivity index (χ3v) is 2.34. The van der Waals surface area contributed by atoms with Gasteiger partial charge in [-0.25, -0.2) is 0 Å². The Labute approximate surface area is 72.3 Å². The molecule has 1 fully saturated rings. The average Bonchev–Trinajstić information content (AvgIpc) is 2.17. The van der Waals surface area contributed by atoms with Gasteiger partial charge in [-0.1, -0.05) is 0 Å². The molecule has 1 unspecified atom stereocenters. The van der Waals surface area contributed by atoms with Crippen molar-refractivity contribution in [3.63, 3.8) is 0 Å². The maximum atomic E-state index is 11.1. The Balaban J connectivity index is 2.40. The number of piperidine rings is 1. The van der Waals surface area contributed by atoms with Gasteiger partial charge in [-0.3, -0.25) is 4.79 Å². The molecule has 0 bridgehead atoms. The fourth-order valence-electron chi connectivity index (χ4n) is 1.58. The molecule has 0 aromatic carbocycles. The number of nitrogens with two attached hydrogens (primary N) is 1. The Morgan fingerprint density at radius 1 is 1.67 bits per heavy atom. The van der Waals surface area contributed by atoms with Crippen molar-refractivity contribution in [3.05, 3.63) is 0 Å². The smallest absolute Gasteiger partial charge is 0.248 e. The third kappa shape index (κ3) is 2.19. The highest BCUT2D eigenvalue weighted by atomic mass is 16.3. The maximum Gasteiger partial charge on any atom is 0.248 e. The van der Waals surface area contributed by atoms with Crippen molar-refractivity contribution in [3.8, 4) is 0 Å². The molecular weight excluding hydrogens is 156 g/mol. The number of aliphatic hydroxyl groups excluding tert-OH is 1. The minimum Gasteiger partial charge on any atom is -0.387 e. The summed E-state index contributed by atoms with van der Waals surface area (Å²) >= 11 is 0. The Morgan fingerprint density at radius 3 is 3.00 bits per heavy atom. The largest absolute Gasteiger partial charge is 0.387 e. The van der Waals surface area contributed by atoms with Gasteiger partial charge >= 0.3 is 0 Å². The van der Waals surface area contributed by atoms with Gasteiger partial charge in [0, 0.05) is 13.1 Å².